The fraction of sp³-hybridized carbons (Fsp3) is 0.294. The van der Waals surface area contributed by atoms with Crippen LogP contribution in [0.4, 0.5) is 0 Å². The minimum Gasteiger partial charge on any atom is -0.250 e. The van der Waals surface area contributed by atoms with E-state index < -0.39 is 8.03 Å². The summed E-state index contributed by atoms with van der Waals surface area (Å²) < 4.78 is 17.4. The molecule has 20 heavy (non-hydrogen) atoms. The van der Waals surface area contributed by atoms with E-state index in [-0.39, 0.29) is 0 Å². The zero-order chi connectivity index (χ0) is 15.4. The van der Waals surface area contributed by atoms with Crippen LogP contribution in [0.25, 0.3) is 0 Å². The topological polar surface area (TPSA) is 26.3 Å². The Hall–Kier alpha value is -1.66. The summed E-state index contributed by atoms with van der Waals surface area (Å²) in [6, 6.07) is 16.7. The van der Waals surface area contributed by atoms with Crippen LogP contribution in [0.3, 0.4) is 0 Å². The van der Waals surface area contributed by atoms with Gasteiger partial charge in [-0.15, -0.1) is 0 Å². The summed E-state index contributed by atoms with van der Waals surface area (Å²) in [4.78, 5) is 0. The Morgan fingerprint density at radius 3 is 1.85 bits per heavy atom. The summed E-state index contributed by atoms with van der Waals surface area (Å²) in [5.74, 6) is 0.631. The van der Waals surface area contributed by atoms with Crippen LogP contribution in [-0.2, 0) is 4.57 Å². The molecule has 0 amide bonds. The molecule has 0 aliphatic heterocycles. The van der Waals surface area contributed by atoms with Crippen LogP contribution < -0.4 is 9.83 Å². The number of hydrogen-bond donors (Lipinski definition) is 0. The maximum absolute atomic E-state index is 12.0. The smallest absolute Gasteiger partial charge is 0.250 e. The molecule has 0 fully saturated rings. The lowest BCUT2D eigenvalue weighted by Gasteiger charge is -1.94. The van der Waals surface area contributed by atoms with Crippen molar-refractivity contribution in [3.05, 3.63) is 60.2 Å². The maximum atomic E-state index is 12.0. The zero-order valence-corrected chi connectivity index (χ0v) is 13.9. The van der Waals surface area contributed by atoms with Gasteiger partial charge in [0, 0.05) is 5.56 Å². The Morgan fingerprint density at radius 2 is 1.30 bits per heavy atom. The van der Waals surface area contributed by atoms with Crippen LogP contribution in [0.1, 0.15) is 33.3 Å². The first-order chi connectivity index (χ1) is 9.77. The fourth-order valence-electron chi connectivity index (χ4n) is 1.39. The predicted molar refractivity (Wildman–Crippen MR) is 88.2 cm³/mol. The molecule has 0 heterocycles. The van der Waals surface area contributed by atoms with E-state index in [1.54, 1.807) is 12.1 Å². The van der Waals surface area contributed by atoms with Gasteiger partial charge < -0.3 is 0 Å². The highest BCUT2D eigenvalue weighted by Crippen LogP contribution is 2.26. The van der Waals surface area contributed by atoms with E-state index in [1.165, 1.54) is 0 Å². The van der Waals surface area contributed by atoms with Crippen LogP contribution in [-0.4, -0.2) is 0 Å². The molecule has 0 saturated heterocycles. The second kappa shape index (κ2) is 11.2. The molecule has 2 rings (SSSR count). The summed E-state index contributed by atoms with van der Waals surface area (Å²) >= 11 is 0. The van der Waals surface area contributed by atoms with Gasteiger partial charge in [0.2, 0.25) is 5.30 Å². The summed E-state index contributed by atoms with van der Waals surface area (Å²) in [6.45, 7) is 9.93. The number of aryl methyl sites for hydroxylation is 1. The Bertz CT molecular complexity index is 495. The molecule has 0 radical (unpaired) electrons. The third-order valence-electron chi connectivity index (χ3n) is 2.24. The molecule has 0 saturated carbocycles. The number of rotatable bonds is 3. The van der Waals surface area contributed by atoms with Crippen LogP contribution in [0.15, 0.2) is 54.6 Å². The van der Waals surface area contributed by atoms with E-state index in [2.05, 4.69) is 0 Å². The molecule has 108 valence electrons. The van der Waals surface area contributed by atoms with Crippen LogP contribution in [0, 0.1) is 6.92 Å². The Balaban J connectivity index is 0.000000829. The molecule has 3 heteroatoms. The van der Waals surface area contributed by atoms with Crippen molar-refractivity contribution in [3.8, 4) is 5.75 Å². The quantitative estimate of drug-likeness (QED) is 0.698. The third kappa shape index (κ3) is 5.99. The average Bonchev–Trinajstić information content (AvgIpc) is 2.52. The molecule has 0 aliphatic carbocycles. The van der Waals surface area contributed by atoms with Crippen LogP contribution in [0.2, 0.25) is 0 Å². The summed E-state index contributed by atoms with van der Waals surface area (Å²) in [5.41, 5.74) is 0.986. The van der Waals surface area contributed by atoms with E-state index in [1.807, 2.05) is 77.1 Å². The van der Waals surface area contributed by atoms with Gasteiger partial charge in [0.05, 0.1) is 0 Å². The second-order valence-electron chi connectivity index (χ2n) is 3.45. The van der Waals surface area contributed by atoms with Crippen molar-refractivity contribution in [2.75, 3.05) is 0 Å². The normalized spacial score (nSPS) is 9.35. The molecule has 1 atom stereocenters. The van der Waals surface area contributed by atoms with Crippen molar-refractivity contribution in [2.24, 2.45) is 0 Å². The second-order valence-corrected chi connectivity index (χ2v) is 4.63. The van der Waals surface area contributed by atoms with Crippen molar-refractivity contribution in [1.82, 2.24) is 0 Å². The molecule has 2 aromatic carbocycles. The van der Waals surface area contributed by atoms with Gasteiger partial charge in [-0.1, -0.05) is 64.1 Å². The fourth-order valence-corrected chi connectivity index (χ4v) is 2.38. The zero-order valence-electron chi connectivity index (χ0n) is 13.0. The Labute approximate surface area is 123 Å². The highest BCUT2D eigenvalue weighted by atomic mass is 31.1. The molecule has 0 bridgehead atoms. The van der Waals surface area contributed by atoms with Crippen molar-refractivity contribution in [2.45, 2.75) is 34.6 Å². The minimum absolute atomic E-state index is 0.631. The number of benzene rings is 2. The molecule has 0 N–H and O–H groups in total. The molecule has 0 spiro atoms. The molecule has 2 nitrogen and oxygen atoms in total. The Morgan fingerprint density at radius 1 is 0.800 bits per heavy atom. The lowest BCUT2D eigenvalue weighted by Crippen LogP contribution is -2.03. The highest BCUT2D eigenvalue weighted by molar-refractivity contribution is 7.48. The first kappa shape index (κ1) is 18.3. The van der Waals surface area contributed by atoms with E-state index >= 15 is 0 Å². The first-order valence-electron chi connectivity index (χ1n) is 7.03. The molecule has 2 aromatic rings. The van der Waals surface area contributed by atoms with Gasteiger partial charge in [0.25, 0.3) is 0 Å². The minimum atomic E-state index is -1.82. The number of para-hydroxylation sites is 1. The third-order valence-corrected chi connectivity index (χ3v) is 3.52. The van der Waals surface area contributed by atoms with Crippen LogP contribution in [0.5, 0.6) is 5.75 Å². The average molecular weight is 291 g/mol. The van der Waals surface area contributed by atoms with E-state index in [0.717, 1.165) is 10.9 Å². The van der Waals surface area contributed by atoms with Gasteiger partial charge >= 0.3 is 8.03 Å². The molecular weight excluding hydrogens is 267 g/mol. The van der Waals surface area contributed by atoms with E-state index in [9.17, 15) is 4.57 Å². The van der Waals surface area contributed by atoms with Gasteiger partial charge in [0.15, 0.2) is 5.75 Å². The van der Waals surface area contributed by atoms with Crippen molar-refractivity contribution in [3.63, 3.8) is 0 Å². The van der Waals surface area contributed by atoms with Crippen molar-refractivity contribution in [1.29, 1.82) is 0 Å². The standard InChI is InChI=1S/C13H12O2P.2C2H6/c1-11-7-5-6-10-13(11)16(14)15-12-8-3-2-4-9-12;2*1-2/h2-10H,1H3;2*1-2H3/q+1;;. The van der Waals surface area contributed by atoms with Gasteiger partial charge in [-0.3, -0.25) is 4.52 Å². The molecule has 0 aromatic heterocycles. The lowest BCUT2D eigenvalue weighted by molar-refractivity contribution is 0.514. The summed E-state index contributed by atoms with van der Waals surface area (Å²) in [5, 5.41) is 0.751. The molecule has 0 aliphatic rings. The van der Waals surface area contributed by atoms with Gasteiger partial charge in [0.1, 0.15) is 0 Å². The number of hydrogen-bond acceptors (Lipinski definition) is 2. The first-order valence-corrected chi connectivity index (χ1v) is 8.21. The summed E-state index contributed by atoms with van der Waals surface area (Å²) in [6.07, 6.45) is 0. The van der Waals surface area contributed by atoms with Crippen molar-refractivity contribution >= 4 is 13.3 Å². The van der Waals surface area contributed by atoms with Crippen molar-refractivity contribution < 1.29 is 9.09 Å². The van der Waals surface area contributed by atoms with E-state index in [4.69, 9.17) is 4.52 Å². The Kier molecular flexibility index (Phi) is 10.3. The van der Waals surface area contributed by atoms with Gasteiger partial charge in [-0.05, 0) is 29.7 Å². The molecule has 1 unspecified atom stereocenters. The highest BCUT2D eigenvalue weighted by Gasteiger charge is 2.25. The van der Waals surface area contributed by atoms with Crippen LogP contribution >= 0.6 is 8.03 Å². The monoisotopic (exact) mass is 291 g/mol. The van der Waals surface area contributed by atoms with Gasteiger partial charge in [-0.25, -0.2) is 0 Å². The largest absolute Gasteiger partial charge is 0.597 e. The van der Waals surface area contributed by atoms with Gasteiger partial charge in [-0.2, -0.15) is 0 Å². The maximum Gasteiger partial charge on any atom is 0.597 e. The lowest BCUT2D eigenvalue weighted by atomic mass is 10.2. The SMILES string of the molecule is CC.CC.Cc1ccccc1[P+](=O)Oc1ccccc1. The predicted octanol–water partition coefficient (Wildman–Crippen LogP) is 5.49. The summed E-state index contributed by atoms with van der Waals surface area (Å²) in [7, 11) is -1.82. The molecular formula is C17H24O2P+. The van der Waals surface area contributed by atoms with E-state index in [0.29, 0.717) is 5.75 Å².